The topological polar surface area (TPSA) is 83.8 Å². The highest BCUT2D eigenvalue weighted by Gasteiger charge is 2.38. The number of nitrogens with one attached hydrogen (secondary N) is 1. The third-order valence-corrected chi connectivity index (χ3v) is 5.77. The first-order valence-electron chi connectivity index (χ1n) is 9.90. The van der Waals surface area contributed by atoms with E-state index >= 15 is 0 Å². The Kier molecular flexibility index (Phi) is 6.28. The average molecular weight is 444 g/mol. The summed E-state index contributed by atoms with van der Waals surface area (Å²) in [5, 5.41) is 18.6. The molecule has 0 unspecified atom stereocenters. The summed E-state index contributed by atoms with van der Waals surface area (Å²) in [6.07, 6.45) is 0. The van der Waals surface area contributed by atoms with E-state index in [4.69, 9.17) is 4.84 Å². The molecule has 4 aromatic rings. The molecule has 1 heterocycles. The minimum atomic E-state index is -1.19. The summed E-state index contributed by atoms with van der Waals surface area (Å²) < 4.78 is 4.49. The highest BCUT2D eigenvalue weighted by molar-refractivity contribution is 7.04. The summed E-state index contributed by atoms with van der Waals surface area (Å²) in [5.74, 6) is -0.787. The van der Waals surface area contributed by atoms with E-state index in [1.807, 2.05) is 91.0 Å². The number of aliphatic carboxylic acids is 1. The first-order chi connectivity index (χ1) is 15.7. The summed E-state index contributed by atoms with van der Waals surface area (Å²) in [6, 6.07) is 30.0. The lowest BCUT2D eigenvalue weighted by atomic mass is 9.77. The van der Waals surface area contributed by atoms with Gasteiger partial charge in [-0.05, 0) is 28.2 Å². The van der Waals surface area contributed by atoms with Crippen molar-refractivity contribution < 1.29 is 14.7 Å². The predicted molar refractivity (Wildman–Crippen MR) is 126 cm³/mol. The van der Waals surface area contributed by atoms with Crippen molar-refractivity contribution in [3.05, 3.63) is 119 Å². The number of carboxylic acid groups (broad SMARTS) is 1. The smallest absolute Gasteiger partial charge is 0.358 e. The number of nitrogens with zero attached hydrogens (tertiary/aromatic N) is 2. The number of benzene rings is 3. The van der Waals surface area contributed by atoms with Gasteiger partial charge in [-0.15, -0.1) is 0 Å². The maximum atomic E-state index is 11.9. The van der Waals surface area contributed by atoms with E-state index in [0.29, 0.717) is 11.4 Å². The molecule has 0 atom stereocenters. The van der Waals surface area contributed by atoms with Crippen LogP contribution >= 0.6 is 11.5 Å². The van der Waals surface area contributed by atoms with Crippen LogP contribution < -0.4 is 5.32 Å². The lowest BCUT2D eigenvalue weighted by molar-refractivity contribution is -0.129. The summed E-state index contributed by atoms with van der Waals surface area (Å²) in [4.78, 5) is 16.6. The van der Waals surface area contributed by atoms with Crippen molar-refractivity contribution in [2.24, 2.45) is 5.16 Å². The van der Waals surface area contributed by atoms with Crippen LogP contribution in [0.2, 0.25) is 0 Å². The maximum Gasteiger partial charge on any atom is 0.358 e. The fourth-order valence-electron chi connectivity index (χ4n) is 3.75. The van der Waals surface area contributed by atoms with E-state index in [9.17, 15) is 9.90 Å². The number of anilines is 1. The standard InChI is InChI=1S/C25H21N3O3S/c1-31-27-22(24(29)30)21-17-32-28-23(21)26-25(18-11-5-2-6-12-18,19-13-7-3-8-14-19)20-15-9-4-10-16-20/h2-17H,1H3,(H,26,28)(H,29,30)/b27-22-. The summed E-state index contributed by atoms with van der Waals surface area (Å²) in [6.45, 7) is 0. The molecule has 0 aliphatic carbocycles. The summed E-state index contributed by atoms with van der Waals surface area (Å²) in [5.41, 5.74) is 2.26. The predicted octanol–water partition coefficient (Wildman–Crippen LogP) is 4.98. The number of oxime groups is 1. The van der Waals surface area contributed by atoms with Crippen LogP contribution in [0.25, 0.3) is 0 Å². The average Bonchev–Trinajstić information content (AvgIpc) is 3.30. The molecule has 0 aliphatic heterocycles. The van der Waals surface area contributed by atoms with Gasteiger partial charge in [0, 0.05) is 5.38 Å². The molecule has 0 bridgehead atoms. The Balaban J connectivity index is 1.98. The van der Waals surface area contributed by atoms with Crippen molar-refractivity contribution in [3.63, 3.8) is 0 Å². The largest absolute Gasteiger partial charge is 0.476 e. The van der Waals surface area contributed by atoms with Crippen molar-refractivity contribution >= 4 is 29.0 Å². The molecular formula is C25H21N3O3S. The van der Waals surface area contributed by atoms with Crippen LogP contribution in [0.4, 0.5) is 5.82 Å². The van der Waals surface area contributed by atoms with Crippen molar-refractivity contribution in [2.75, 3.05) is 12.4 Å². The first kappa shape index (κ1) is 21.3. The number of rotatable bonds is 8. The Morgan fingerprint density at radius 3 is 1.78 bits per heavy atom. The van der Waals surface area contributed by atoms with Gasteiger partial charge in [-0.1, -0.05) is 96.2 Å². The normalized spacial score (nSPS) is 11.7. The highest BCUT2D eigenvalue weighted by atomic mass is 32.1. The number of carboxylic acids is 1. The van der Waals surface area contributed by atoms with Gasteiger partial charge in [0.05, 0.1) is 5.56 Å². The molecule has 1 aromatic heterocycles. The Hall–Kier alpha value is -3.97. The van der Waals surface area contributed by atoms with Crippen LogP contribution in [-0.4, -0.2) is 28.3 Å². The van der Waals surface area contributed by atoms with E-state index in [1.165, 1.54) is 7.11 Å². The Bertz CT molecular complexity index is 1110. The van der Waals surface area contributed by atoms with Gasteiger partial charge in [-0.25, -0.2) is 4.79 Å². The lowest BCUT2D eigenvalue weighted by Gasteiger charge is -2.37. The molecule has 4 rings (SSSR count). The van der Waals surface area contributed by atoms with Crippen molar-refractivity contribution in [3.8, 4) is 0 Å². The molecular weight excluding hydrogens is 422 g/mol. The minimum absolute atomic E-state index is 0.216. The maximum absolute atomic E-state index is 11.9. The van der Waals surface area contributed by atoms with E-state index in [1.54, 1.807) is 5.38 Å². The quantitative estimate of drug-likeness (QED) is 0.228. The fourth-order valence-corrected chi connectivity index (χ4v) is 4.38. The highest BCUT2D eigenvalue weighted by Crippen LogP contribution is 2.40. The molecule has 7 heteroatoms. The number of hydrogen-bond acceptors (Lipinski definition) is 6. The van der Waals surface area contributed by atoms with Gasteiger partial charge in [0.1, 0.15) is 12.6 Å². The molecule has 0 aliphatic rings. The molecule has 0 radical (unpaired) electrons. The van der Waals surface area contributed by atoms with Gasteiger partial charge in [0.25, 0.3) is 0 Å². The summed E-state index contributed by atoms with van der Waals surface area (Å²) >= 11 is 1.15. The van der Waals surface area contributed by atoms with E-state index < -0.39 is 11.5 Å². The molecule has 2 N–H and O–H groups in total. The third kappa shape index (κ3) is 3.98. The van der Waals surface area contributed by atoms with Gasteiger partial charge in [-0.3, -0.25) is 0 Å². The van der Waals surface area contributed by atoms with Gasteiger partial charge in [0.2, 0.25) is 0 Å². The zero-order valence-corrected chi connectivity index (χ0v) is 18.1. The molecule has 0 fully saturated rings. The van der Waals surface area contributed by atoms with Crippen LogP contribution in [0.1, 0.15) is 22.3 Å². The third-order valence-electron chi connectivity index (χ3n) is 5.14. The zero-order chi connectivity index (χ0) is 22.4. The monoisotopic (exact) mass is 443 g/mol. The molecule has 0 spiro atoms. The second-order valence-corrected chi connectivity index (χ2v) is 7.61. The van der Waals surface area contributed by atoms with E-state index in [2.05, 4.69) is 14.8 Å². The summed E-state index contributed by atoms with van der Waals surface area (Å²) in [7, 11) is 1.32. The van der Waals surface area contributed by atoms with E-state index in [0.717, 1.165) is 28.2 Å². The van der Waals surface area contributed by atoms with Gasteiger partial charge >= 0.3 is 5.97 Å². The van der Waals surface area contributed by atoms with Gasteiger partial charge in [0.15, 0.2) is 11.5 Å². The number of hydrogen-bond donors (Lipinski definition) is 2. The molecule has 6 nitrogen and oxygen atoms in total. The van der Waals surface area contributed by atoms with Crippen molar-refractivity contribution in [2.45, 2.75) is 5.54 Å². The molecule has 3 aromatic carbocycles. The van der Waals surface area contributed by atoms with Crippen LogP contribution in [0.15, 0.2) is 102 Å². The second-order valence-electron chi connectivity index (χ2n) is 6.98. The molecule has 0 saturated heterocycles. The molecule has 0 amide bonds. The molecule has 32 heavy (non-hydrogen) atoms. The van der Waals surface area contributed by atoms with Crippen molar-refractivity contribution in [1.29, 1.82) is 0 Å². The number of aromatic nitrogens is 1. The van der Waals surface area contributed by atoms with Crippen LogP contribution in [0.5, 0.6) is 0 Å². The fraction of sp³-hybridized carbons (Fsp3) is 0.0800. The van der Waals surface area contributed by atoms with Crippen LogP contribution in [0.3, 0.4) is 0 Å². The second kappa shape index (κ2) is 9.45. The molecule has 0 saturated carbocycles. The minimum Gasteiger partial charge on any atom is -0.476 e. The first-order valence-corrected chi connectivity index (χ1v) is 10.7. The van der Waals surface area contributed by atoms with Crippen LogP contribution in [0, 0.1) is 0 Å². The number of carbonyl (C=O) groups is 1. The van der Waals surface area contributed by atoms with Crippen molar-refractivity contribution in [1.82, 2.24) is 4.37 Å². The Labute approximate surface area is 190 Å². The van der Waals surface area contributed by atoms with Gasteiger partial charge < -0.3 is 15.3 Å². The SMILES string of the molecule is CO/N=C(\C(=O)O)c1csnc1NC(c1ccccc1)(c1ccccc1)c1ccccc1. The Morgan fingerprint density at radius 1 is 0.906 bits per heavy atom. The Morgan fingerprint density at radius 2 is 1.38 bits per heavy atom. The van der Waals surface area contributed by atoms with Crippen LogP contribution in [-0.2, 0) is 15.2 Å². The zero-order valence-electron chi connectivity index (χ0n) is 17.3. The lowest BCUT2D eigenvalue weighted by Crippen LogP contribution is -2.38. The molecule has 160 valence electrons. The van der Waals surface area contributed by atoms with Gasteiger partial charge in [-0.2, -0.15) is 4.37 Å². The van der Waals surface area contributed by atoms with E-state index in [-0.39, 0.29) is 5.71 Å².